The van der Waals surface area contributed by atoms with E-state index in [9.17, 15) is 14.7 Å². The van der Waals surface area contributed by atoms with Crippen molar-refractivity contribution in [3.05, 3.63) is 65.7 Å². The van der Waals surface area contributed by atoms with Crippen molar-refractivity contribution in [3.8, 4) is 5.75 Å². The number of phenols is 1. The molecule has 2 aromatic rings. The zero-order chi connectivity index (χ0) is 17.6. The Morgan fingerprint density at radius 1 is 1.00 bits per heavy atom. The summed E-state index contributed by atoms with van der Waals surface area (Å²) in [7, 11) is 1.76. The summed E-state index contributed by atoms with van der Waals surface area (Å²) in [6, 6.07) is 15.4. The number of carbonyl (C=O) groups is 2. The fourth-order valence-corrected chi connectivity index (χ4v) is 3.78. The van der Waals surface area contributed by atoms with E-state index in [-0.39, 0.29) is 24.1 Å². The van der Waals surface area contributed by atoms with E-state index in [1.54, 1.807) is 30.3 Å². The average molecular weight is 337 g/mol. The van der Waals surface area contributed by atoms with Crippen LogP contribution >= 0.6 is 0 Å². The smallest absolute Gasteiger partial charge is 0.249 e. The van der Waals surface area contributed by atoms with Gasteiger partial charge in [-0.2, -0.15) is 0 Å². The first-order valence-corrected chi connectivity index (χ1v) is 8.24. The molecule has 0 bridgehead atoms. The molecule has 2 saturated heterocycles. The molecule has 0 radical (unpaired) electrons. The second-order valence-corrected chi connectivity index (χ2v) is 6.50. The Hall–Kier alpha value is -2.70. The number of rotatable bonds is 3. The zero-order valence-corrected chi connectivity index (χ0v) is 13.8. The van der Waals surface area contributed by atoms with Crippen LogP contribution in [-0.4, -0.2) is 39.9 Å². The number of imide groups is 1. The molecule has 2 N–H and O–H groups in total. The number of likely N-dealkylation sites (N-methyl/N-ethyl adjacent to an activating group) is 1. The SMILES string of the molecule is CN1N[C@H](c2ccccc2O)[C@H]2C(=O)N(Cc3ccccc3)C(=O)[C@@H]21. The summed E-state index contributed by atoms with van der Waals surface area (Å²) in [5, 5.41) is 11.8. The number of nitrogens with zero attached hydrogens (tertiary/aromatic N) is 2. The summed E-state index contributed by atoms with van der Waals surface area (Å²) in [5.74, 6) is -0.832. The average Bonchev–Trinajstić information content (AvgIpc) is 3.08. The third-order valence-corrected chi connectivity index (χ3v) is 4.98. The summed E-state index contributed by atoms with van der Waals surface area (Å²) in [6.07, 6.45) is 0. The molecule has 2 aliphatic rings. The second kappa shape index (κ2) is 5.98. The molecule has 25 heavy (non-hydrogen) atoms. The predicted molar refractivity (Wildman–Crippen MR) is 91.0 cm³/mol. The molecule has 2 aliphatic heterocycles. The number of fused-ring (bicyclic) bond motifs is 1. The monoisotopic (exact) mass is 337 g/mol. The molecule has 0 aromatic heterocycles. The standard InChI is InChI=1S/C19H19N3O3/c1-21-17-15(16(20-21)13-9-5-6-10-14(13)23)18(24)22(19(17)25)11-12-7-3-2-4-8-12/h2-10,15-17,20,23H,11H2,1H3/t15-,16-,17-/m1/s1. The maximum atomic E-state index is 13.0. The molecule has 2 amide bonds. The number of phenolic OH excluding ortho intramolecular Hbond substituents is 1. The normalized spacial score (nSPS) is 26.3. The highest BCUT2D eigenvalue weighted by Gasteiger charge is 2.57. The Kier molecular flexibility index (Phi) is 3.78. The van der Waals surface area contributed by atoms with Gasteiger partial charge >= 0.3 is 0 Å². The number of benzene rings is 2. The van der Waals surface area contributed by atoms with Crippen LogP contribution < -0.4 is 5.43 Å². The van der Waals surface area contributed by atoms with E-state index in [1.165, 1.54) is 4.90 Å². The van der Waals surface area contributed by atoms with Crippen molar-refractivity contribution in [1.29, 1.82) is 0 Å². The van der Waals surface area contributed by atoms with Gasteiger partial charge in [0.2, 0.25) is 11.8 Å². The van der Waals surface area contributed by atoms with Crippen molar-refractivity contribution in [1.82, 2.24) is 15.3 Å². The van der Waals surface area contributed by atoms with E-state index >= 15 is 0 Å². The van der Waals surface area contributed by atoms with Gasteiger partial charge in [-0.25, -0.2) is 10.4 Å². The van der Waals surface area contributed by atoms with E-state index in [0.29, 0.717) is 5.56 Å². The molecule has 0 saturated carbocycles. The highest BCUT2D eigenvalue weighted by Crippen LogP contribution is 2.42. The minimum Gasteiger partial charge on any atom is -0.508 e. The highest BCUT2D eigenvalue weighted by molar-refractivity contribution is 6.07. The lowest BCUT2D eigenvalue weighted by Crippen LogP contribution is -2.42. The van der Waals surface area contributed by atoms with Crippen molar-refractivity contribution in [3.63, 3.8) is 0 Å². The van der Waals surface area contributed by atoms with Crippen LogP contribution in [0.3, 0.4) is 0 Å². The van der Waals surface area contributed by atoms with E-state index in [2.05, 4.69) is 5.43 Å². The summed E-state index contributed by atoms with van der Waals surface area (Å²) in [6.45, 7) is 0.271. The molecule has 128 valence electrons. The van der Waals surface area contributed by atoms with Crippen molar-refractivity contribution < 1.29 is 14.7 Å². The molecule has 6 nitrogen and oxygen atoms in total. The summed E-state index contributed by atoms with van der Waals surface area (Å²) in [5.41, 5.74) is 4.71. The van der Waals surface area contributed by atoms with Crippen molar-refractivity contribution >= 4 is 11.8 Å². The number of hydrogen-bond donors (Lipinski definition) is 2. The number of para-hydroxylation sites is 1. The number of likely N-dealkylation sites (tertiary alicyclic amines) is 1. The van der Waals surface area contributed by atoms with Gasteiger partial charge in [-0.15, -0.1) is 0 Å². The van der Waals surface area contributed by atoms with Gasteiger partial charge in [-0.3, -0.25) is 14.5 Å². The van der Waals surface area contributed by atoms with Gasteiger partial charge in [0.25, 0.3) is 0 Å². The van der Waals surface area contributed by atoms with Crippen LogP contribution in [0.15, 0.2) is 54.6 Å². The van der Waals surface area contributed by atoms with Crippen LogP contribution in [0.2, 0.25) is 0 Å². The maximum Gasteiger partial charge on any atom is 0.249 e. The number of amides is 2. The lowest BCUT2D eigenvalue weighted by atomic mass is 9.90. The molecular weight excluding hydrogens is 318 g/mol. The van der Waals surface area contributed by atoms with Crippen molar-refractivity contribution in [2.75, 3.05) is 7.05 Å². The third-order valence-electron chi connectivity index (χ3n) is 4.98. The fraction of sp³-hybridized carbons (Fsp3) is 0.263. The largest absolute Gasteiger partial charge is 0.508 e. The number of nitrogens with one attached hydrogen (secondary N) is 1. The van der Waals surface area contributed by atoms with Gasteiger partial charge in [-0.1, -0.05) is 48.5 Å². The summed E-state index contributed by atoms with van der Waals surface area (Å²) >= 11 is 0. The zero-order valence-electron chi connectivity index (χ0n) is 13.8. The molecule has 3 atom stereocenters. The third kappa shape index (κ3) is 2.50. The highest BCUT2D eigenvalue weighted by atomic mass is 16.3. The minimum atomic E-state index is -0.555. The molecule has 0 spiro atoms. The molecule has 6 heteroatoms. The Balaban J connectivity index is 1.66. The van der Waals surface area contributed by atoms with E-state index in [0.717, 1.165) is 5.56 Å². The van der Waals surface area contributed by atoms with Gasteiger partial charge in [0, 0.05) is 12.6 Å². The molecule has 2 fully saturated rings. The van der Waals surface area contributed by atoms with Crippen LogP contribution in [0.5, 0.6) is 5.75 Å². The van der Waals surface area contributed by atoms with Crippen LogP contribution in [0.4, 0.5) is 0 Å². The van der Waals surface area contributed by atoms with Gasteiger partial charge in [0.15, 0.2) is 0 Å². The number of aromatic hydroxyl groups is 1. The maximum absolute atomic E-state index is 13.0. The van der Waals surface area contributed by atoms with Gasteiger partial charge in [0.1, 0.15) is 11.8 Å². The van der Waals surface area contributed by atoms with Gasteiger partial charge < -0.3 is 5.11 Å². The Morgan fingerprint density at radius 3 is 2.40 bits per heavy atom. The second-order valence-electron chi connectivity index (χ2n) is 6.50. The van der Waals surface area contributed by atoms with E-state index < -0.39 is 18.0 Å². The topological polar surface area (TPSA) is 72.9 Å². The minimum absolute atomic E-state index is 0.121. The summed E-state index contributed by atoms with van der Waals surface area (Å²) < 4.78 is 0. The predicted octanol–water partition coefficient (Wildman–Crippen LogP) is 1.44. The molecule has 0 unspecified atom stereocenters. The quantitative estimate of drug-likeness (QED) is 0.829. The van der Waals surface area contributed by atoms with Crippen LogP contribution in [0.25, 0.3) is 0 Å². The van der Waals surface area contributed by atoms with Crippen molar-refractivity contribution in [2.45, 2.75) is 18.6 Å². The lowest BCUT2D eigenvalue weighted by molar-refractivity contribution is -0.142. The number of hydrazine groups is 1. The first-order valence-electron chi connectivity index (χ1n) is 8.24. The molecule has 0 aliphatic carbocycles. The van der Waals surface area contributed by atoms with Crippen LogP contribution in [-0.2, 0) is 16.1 Å². The van der Waals surface area contributed by atoms with E-state index in [1.807, 2.05) is 36.4 Å². The number of carbonyl (C=O) groups excluding carboxylic acids is 2. The molecule has 4 rings (SSSR count). The van der Waals surface area contributed by atoms with Crippen molar-refractivity contribution in [2.24, 2.45) is 5.92 Å². The van der Waals surface area contributed by atoms with Crippen LogP contribution in [0.1, 0.15) is 17.2 Å². The Bertz CT molecular complexity index is 824. The Labute approximate surface area is 145 Å². The molecular formula is C19H19N3O3. The molecule has 2 aromatic carbocycles. The fourth-order valence-electron chi connectivity index (χ4n) is 3.78. The lowest BCUT2D eigenvalue weighted by Gasteiger charge is -2.22. The molecule has 2 heterocycles. The Morgan fingerprint density at radius 2 is 1.68 bits per heavy atom. The number of hydrogen-bond acceptors (Lipinski definition) is 5. The van der Waals surface area contributed by atoms with E-state index in [4.69, 9.17) is 0 Å². The summed E-state index contributed by atoms with van der Waals surface area (Å²) in [4.78, 5) is 27.2. The first-order chi connectivity index (χ1) is 12.1. The van der Waals surface area contributed by atoms with Gasteiger partial charge in [0.05, 0.1) is 18.5 Å². The van der Waals surface area contributed by atoms with Gasteiger partial charge in [-0.05, 0) is 11.6 Å². The first kappa shape index (κ1) is 15.8. The van der Waals surface area contributed by atoms with Crippen LogP contribution in [0, 0.1) is 5.92 Å².